The van der Waals surface area contributed by atoms with Gasteiger partial charge >= 0.3 is 0 Å². The fourth-order valence-electron chi connectivity index (χ4n) is 1.17. The molecule has 0 aliphatic rings. The standard InChI is InChI=1S/C9H7BrN2O/c1-5-2-8-6(3-7(5)10)9(13)12-4-11-8/h2-4H,1H3,(H,11,12,13). The van der Waals surface area contributed by atoms with Crippen molar-refractivity contribution in [3.8, 4) is 5.88 Å². The van der Waals surface area contributed by atoms with Crippen molar-refractivity contribution in [3.05, 3.63) is 28.5 Å². The number of halogens is 1. The maximum absolute atomic E-state index is 9.41. The van der Waals surface area contributed by atoms with E-state index in [1.807, 2.05) is 19.1 Å². The highest BCUT2D eigenvalue weighted by molar-refractivity contribution is 9.10. The molecule has 1 aromatic heterocycles. The van der Waals surface area contributed by atoms with E-state index in [1.165, 1.54) is 6.33 Å². The molecule has 0 spiro atoms. The smallest absolute Gasteiger partial charge is 0.221 e. The van der Waals surface area contributed by atoms with Gasteiger partial charge in [0.1, 0.15) is 6.33 Å². The van der Waals surface area contributed by atoms with Crippen LogP contribution in [0.2, 0.25) is 0 Å². The molecule has 0 amide bonds. The van der Waals surface area contributed by atoms with E-state index >= 15 is 0 Å². The number of aromatic hydroxyl groups is 1. The lowest BCUT2D eigenvalue weighted by atomic mass is 10.2. The molecule has 1 aromatic carbocycles. The zero-order valence-corrected chi connectivity index (χ0v) is 8.54. The average Bonchev–Trinajstić information content (AvgIpc) is 2.09. The molecule has 0 saturated heterocycles. The van der Waals surface area contributed by atoms with Crippen LogP contribution >= 0.6 is 15.9 Å². The van der Waals surface area contributed by atoms with E-state index in [1.54, 1.807) is 0 Å². The number of hydrogen-bond donors (Lipinski definition) is 1. The molecule has 0 radical (unpaired) electrons. The summed E-state index contributed by atoms with van der Waals surface area (Å²) in [6.07, 6.45) is 1.35. The first-order chi connectivity index (χ1) is 6.18. The zero-order chi connectivity index (χ0) is 9.42. The first-order valence-electron chi connectivity index (χ1n) is 3.78. The van der Waals surface area contributed by atoms with Gasteiger partial charge in [0, 0.05) is 4.47 Å². The summed E-state index contributed by atoms with van der Waals surface area (Å²) in [7, 11) is 0. The van der Waals surface area contributed by atoms with Crippen molar-refractivity contribution in [2.75, 3.05) is 0 Å². The van der Waals surface area contributed by atoms with Crippen LogP contribution in [-0.4, -0.2) is 15.1 Å². The molecule has 0 aliphatic heterocycles. The second-order valence-corrected chi connectivity index (χ2v) is 3.67. The Morgan fingerprint density at radius 2 is 2.08 bits per heavy atom. The Kier molecular flexibility index (Phi) is 1.92. The normalized spacial score (nSPS) is 10.6. The van der Waals surface area contributed by atoms with E-state index in [4.69, 9.17) is 0 Å². The number of nitrogens with zero attached hydrogens (tertiary/aromatic N) is 2. The van der Waals surface area contributed by atoms with Crippen molar-refractivity contribution in [3.63, 3.8) is 0 Å². The summed E-state index contributed by atoms with van der Waals surface area (Å²) in [6, 6.07) is 3.72. The van der Waals surface area contributed by atoms with Gasteiger partial charge in [0.15, 0.2) is 0 Å². The number of aromatic nitrogens is 2. The van der Waals surface area contributed by atoms with Crippen LogP contribution in [0.3, 0.4) is 0 Å². The Hall–Kier alpha value is -1.16. The number of hydrogen-bond acceptors (Lipinski definition) is 3. The number of fused-ring (bicyclic) bond motifs is 1. The summed E-state index contributed by atoms with van der Waals surface area (Å²) in [5.74, 6) is 0.0192. The SMILES string of the molecule is Cc1cc2ncnc(O)c2cc1Br. The fourth-order valence-corrected chi connectivity index (χ4v) is 1.51. The van der Waals surface area contributed by atoms with Crippen LogP contribution in [0.15, 0.2) is 22.9 Å². The van der Waals surface area contributed by atoms with E-state index in [9.17, 15) is 5.11 Å². The zero-order valence-electron chi connectivity index (χ0n) is 6.95. The van der Waals surface area contributed by atoms with E-state index in [0.717, 1.165) is 15.6 Å². The van der Waals surface area contributed by atoms with E-state index < -0.39 is 0 Å². The third-order valence-corrected chi connectivity index (χ3v) is 2.75. The highest BCUT2D eigenvalue weighted by Crippen LogP contribution is 2.26. The van der Waals surface area contributed by atoms with Crippen molar-refractivity contribution < 1.29 is 5.11 Å². The van der Waals surface area contributed by atoms with Crippen molar-refractivity contribution >= 4 is 26.8 Å². The quantitative estimate of drug-likeness (QED) is 0.767. The Morgan fingerprint density at radius 3 is 2.85 bits per heavy atom. The fraction of sp³-hybridized carbons (Fsp3) is 0.111. The monoisotopic (exact) mass is 238 g/mol. The summed E-state index contributed by atoms with van der Waals surface area (Å²) in [5, 5.41) is 10.1. The molecule has 66 valence electrons. The van der Waals surface area contributed by atoms with Gasteiger partial charge in [0.25, 0.3) is 0 Å². The summed E-state index contributed by atoms with van der Waals surface area (Å²) in [4.78, 5) is 7.75. The Bertz CT molecular complexity index is 470. The summed E-state index contributed by atoms with van der Waals surface area (Å²) < 4.78 is 0.949. The van der Waals surface area contributed by atoms with Gasteiger partial charge in [0.05, 0.1) is 10.9 Å². The molecule has 0 aliphatic carbocycles. The number of aryl methyl sites for hydroxylation is 1. The van der Waals surface area contributed by atoms with Crippen LogP contribution in [0.1, 0.15) is 5.56 Å². The van der Waals surface area contributed by atoms with Crippen LogP contribution in [0, 0.1) is 6.92 Å². The summed E-state index contributed by atoms with van der Waals surface area (Å²) in [5.41, 5.74) is 1.85. The Labute approximate surface area is 83.6 Å². The van der Waals surface area contributed by atoms with Gasteiger partial charge in [-0.1, -0.05) is 15.9 Å². The van der Waals surface area contributed by atoms with Crippen molar-refractivity contribution in [1.29, 1.82) is 0 Å². The number of benzene rings is 1. The lowest BCUT2D eigenvalue weighted by Crippen LogP contribution is -1.85. The minimum atomic E-state index is 0.0192. The molecule has 0 unspecified atom stereocenters. The van der Waals surface area contributed by atoms with Gasteiger partial charge in [-0.2, -0.15) is 0 Å². The van der Waals surface area contributed by atoms with Gasteiger partial charge < -0.3 is 5.11 Å². The third kappa shape index (κ3) is 1.37. The molecule has 4 heteroatoms. The van der Waals surface area contributed by atoms with Gasteiger partial charge in [-0.15, -0.1) is 0 Å². The highest BCUT2D eigenvalue weighted by Gasteiger charge is 2.04. The molecule has 2 rings (SSSR count). The van der Waals surface area contributed by atoms with E-state index in [2.05, 4.69) is 25.9 Å². The first kappa shape index (κ1) is 8.44. The lowest BCUT2D eigenvalue weighted by molar-refractivity contribution is 0.459. The van der Waals surface area contributed by atoms with Gasteiger partial charge in [-0.05, 0) is 24.6 Å². The minimum absolute atomic E-state index is 0.0192. The predicted molar refractivity (Wildman–Crippen MR) is 53.6 cm³/mol. The van der Waals surface area contributed by atoms with Crippen molar-refractivity contribution in [1.82, 2.24) is 9.97 Å². The second kappa shape index (κ2) is 2.96. The molecular weight excluding hydrogens is 232 g/mol. The molecule has 1 heterocycles. The molecule has 0 bridgehead atoms. The first-order valence-corrected chi connectivity index (χ1v) is 4.57. The van der Waals surface area contributed by atoms with Gasteiger partial charge in [0.2, 0.25) is 5.88 Å². The number of rotatable bonds is 0. The minimum Gasteiger partial charge on any atom is -0.493 e. The average molecular weight is 239 g/mol. The van der Waals surface area contributed by atoms with E-state index in [-0.39, 0.29) is 5.88 Å². The summed E-state index contributed by atoms with van der Waals surface area (Å²) >= 11 is 3.38. The molecule has 0 saturated carbocycles. The molecule has 0 fully saturated rings. The summed E-state index contributed by atoms with van der Waals surface area (Å²) in [6.45, 7) is 1.97. The lowest BCUT2D eigenvalue weighted by Gasteiger charge is -2.02. The molecule has 3 nitrogen and oxygen atoms in total. The highest BCUT2D eigenvalue weighted by atomic mass is 79.9. The second-order valence-electron chi connectivity index (χ2n) is 2.82. The largest absolute Gasteiger partial charge is 0.493 e. The van der Waals surface area contributed by atoms with Crippen molar-refractivity contribution in [2.45, 2.75) is 6.92 Å². The molecule has 13 heavy (non-hydrogen) atoms. The molecule has 1 N–H and O–H groups in total. The maximum atomic E-state index is 9.41. The molecule has 0 atom stereocenters. The van der Waals surface area contributed by atoms with E-state index in [0.29, 0.717) is 5.39 Å². The Balaban J connectivity index is 2.89. The third-order valence-electron chi connectivity index (χ3n) is 1.89. The maximum Gasteiger partial charge on any atom is 0.221 e. The molecular formula is C9H7BrN2O. The molecule has 2 aromatic rings. The van der Waals surface area contributed by atoms with Crippen LogP contribution in [-0.2, 0) is 0 Å². The van der Waals surface area contributed by atoms with Crippen LogP contribution < -0.4 is 0 Å². The van der Waals surface area contributed by atoms with Gasteiger partial charge in [-0.3, -0.25) is 0 Å². The van der Waals surface area contributed by atoms with Crippen LogP contribution in [0.5, 0.6) is 5.88 Å². The Morgan fingerprint density at radius 1 is 1.31 bits per heavy atom. The van der Waals surface area contributed by atoms with Crippen LogP contribution in [0.25, 0.3) is 10.9 Å². The van der Waals surface area contributed by atoms with Crippen molar-refractivity contribution in [2.24, 2.45) is 0 Å². The van der Waals surface area contributed by atoms with Crippen LogP contribution in [0.4, 0.5) is 0 Å². The van der Waals surface area contributed by atoms with Gasteiger partial charge in [-0.25, -0.2) is 9.97 Å². The topological polar surface area (TPSA) is 46.0 Å². The predicted octanol–water partition coefficient (Wildman–Crippen LogP) is 2.41.